The predicted molar refractivity (Wildman–Crippen MR) is 146 cm³/mol. The van der Waals surface area contributed by atoms with Crippen LogP contribution in [-0.2, 0) is 43.0 Å². The van der Waals surface area contributed by atoms with Crippen LogP contribution < -0.4 is 8.61 Å². The third-order valence-electron chi connectivity index (χ3n) is 7.07. The third kappa shape index (κ3) is 5.97. The molecule has 0 spiro atoms. The van der Waals surface area contributed by atoms with Crippen molar-refractivity contribution in [2.45, 2.75) is 62.9 Å². The van der Waals surface area contributed by atoms with Gasteiger partial charge >= 0.3 is 0 Å². The lowest BCUT2D eigenvalue weighted by Gasteiger charge is -2.32. The highest BCUT2D eigenvalue weighted by Crippen LogP contribution is 2.33. The Bertz CT molecular complexity index is 1420. The fourth-order valence-corrected chi connectivity index (χ4v) is 10.1. The second-order valence-electron chi connectivity index (χ2n) is 9.85. The second kappa shape index (κ2) is 10.5. The topological polar surface area (TPSA) is 112 Å². The minimum Gasteiger partial charge on any atom is -0.372 e. The minimum atomic E-state index is -4.13. The summed E-state index contributed by atoms with van der Waals surface area (Å²) in [5.41, 5.74) is 3.25. The third-order valence-corrected chi connectivity index (χ3v) is 12.2. The van der Waals surface area contributed by atoms with Crippen molar-refractivity contribution in [3.8, 4) is 0 Å². The number of benzene rings is 2. The maximum absolute atomic E-state index is 13.9. The van der Waals surface area contributed by atoms with Gasteiger partial charge in [0.1, 0.15) is 0 Å². The van der Waals surface area contributed by atoms with Crippen LogP contribution in [0.25, 0.3) is 0 Å². The minimum absolute atomic E-state index is 0.000204. The molecule has 0 radical (unpaired) electrons. The Kier molecular flexibility index (Phi) is 7.95. The molecule has 2 aliphatic rings. The molecular weight excluding hydrogens is 534 g/mol. The highest BCUT2D eigenvalue weighted by molar-refractivity contribution is 8.09. The van der Waals surface area contributed by atoms with Crippen LogP contribution in [0.2, 0.25) is 0 Å². The normalized spacial score (nSPS) is 17.2. The Morgan fingerprint density at radius 2 is 1.49 bits per heavy atom. The molecule has 4 rings (SSSR count). The number of fused-ring (bicyclic) bond motifs is 1. The number of anilines is 2. The highest BCUT2D eigenvalue weighted by atomic mass is 32.3. The van der Waals surface area contributed by atoms with Crippen molar-refractivity contribution in [2.24, 2.45) is 0 Å². The molecule has 0 bridgehead atoms. The summed E-state index contributed by atoms with van der Waals surface area (Å²) in [6.45, 7) is 4.33. The van der Waals surface area contributed by atoms with Gasteiger partial charge in [-0.25, -0.2) is 25.3 Å². The molecule has 1 aliphatic heterocycles. The van der Waals surface area contributed by atoms with Crippen LogP contribution in [0, 0.1) is 0 Å². The van der Waals surface area contributed by atoms with Gasteiger partial charge in [0.2, 0.25) is 30.1 Å². The molecule has 0 atom stereocenters. The number of nitrogens with zero attached hydrogens (tertiary/aromatic N) is 3. The van der Waals surface area contributed by atoms with E-state index in [1.165, 1.54) is 35.5 Å². The summed E-state index contributed by atoms with van der Waals surface area (Å²) in [5.74, 6) is 0. The maximum atomic E-state index is 13.9. The summed E-state index contributed by atoms with van der Waals surface area (Å²) in [4.78, 5) is 2.34. The van der Waals surface area contributed by atoms with Crippen LogP contribution in [0.15, 0.2) is 47.4 Å². The molecular formula is C25H35N3O6S3. The SMILES string of the molecule is CCN1CCCc2cc(CN(C3CCCC3)S(=O)(=O)c3ccc(N(S(C)(=O)=O)S(C)(=O)=O)cc3)ccc21. The largest absolute Gasteiger partial charge is 0.372 e. The molecule has 12 heteroatoms. The zero-order valence-corrected chi connectivity index (χ0v) is 23.9. The van der Waals surface area contributed by atoms with Gasteiger partial charge in [-0.05, 0) is 74.1 Å². The molecule has 0 saturated heterocycles. The van der Waals surface area contributed by atoms with Crippen LogP contribution in [0.4, 0.5) is 11.4 Å². The van der Waals surface area contributed by atoms with E-state index in [-0.39, 0.29) is 23.2 Å². The fourth-order valence-electron chi connectivity index (χ4n) is 5.44. The summed E-state index contributed by atoms with van der Waals surface area (Å²) in [6, 6.07) is 11.1. The van der Waals surface area contributed by atoms with Gasteiger partial charge in [0.25, 0.3) is 0 Å². The number of sulfonamides is 3. The van der Waals surface area contributed by atoms with Crippen molar-refractivity contribution < 1.29 is 25.3 Å². The summed E-state index contributed by atoms with van der Waals surface area (Å²) < 4.78 is 78.0. The van der Waals surface area contributed by atoms with Gasteiger partial charge in [0.05, 0.1) is 23.1 Å². The number of hydrogen-bond donors (Lipinski definition) is 0. The lowest BCUT2D eigenvalue weighted by molar-refractivity contribution is 0.316. The van der Waals surface area contributed by atoms with E-state index in [1.54, 1.807) is 4.31 Å². The first-order valence-corrected chi connectivity index (χ1v) is 17.6. The molecule has 9 nitrogen and oxygen atoms in total. The summed E-state index contributed by atoms with van der Waals surface area (Å²) >= 11 is 0. The molecule has 0 aromatic heterocycles. The lowest BCUT2D eigenvalue weighted by atomic mass is 9.99. The highest BCUT2D eigenvalue weighted by Gasteiger charge is 2.34. The summed E-state index contributed by atoms with van der Waals surface area (Å²) in [7, 11) is -12.2. The molecule has 1 heterocycles. The van der Waals surface area contributed by atoms with Crippen molar-refractivity contribution in [3.05, 3.63) is 53.6 Å². The molecule has 0 amide bonds. The molecule has 2 aromatic carbocycles. The number of hydrogen-bond acceptors (Lipinski definition) is 7. The van der Waals surface area contributed by atoms with Crippen molar-refractivity contribution in [1.29, 1.82) is 0 Å². The van der Waals surface area contributed by atoms with Gasteiger partial charge in [0, 0.05) is 31.4 Å². The van der Waals surface area contributed by atoms with Crippen LogP contribution in [0.3, 0.4) is 0 Å². The van der Waals surface area contributed by atoms with Gasteiger partial charge in [-0.1, -0.05) is 25.0 Å². The zero-order valence-electron chi connectivity index (χ0n) is 21.5. The molecule has 0 unspecified atom stereocenters. The average Bonchev–Trinajstić information content (AvgIpc) is 3.35. The number of aryl methyl sites for hydroxylation is 1. The van der Waals surface area contributed by atoms with Gasteiger partial charge < -0.3 is 4.90 Å². The van der Waals surface area contributed by atoms with Gasteiger partial charge in [-0.3, -0.25) is 0 Å². The average molecular weight is 570 g/mol. The molecule has 1 aliphatic carbocycles. The van der Waals surface area contributed by atoms with E-state index in [4.69, 9.17) is 0 Å². The van der Waals surface area contributed by atoms with Crippen molar-refractivity contribution >= 4 is 41.4 Å². The smallest absolute Gasteiger partial charge is 0.245 e. The predicted octanol–water partition coefficient (Wildman–Crippen LogP) is 3.32. The fraction of sp³-hybridized carbons (Fsp3) is 0.520. The van der Waals surface area contributed by atoms with E-state index < -0.39 is 30.1 Å². The van der Waals surface area contributed by atoms with Crippen LogP contribution >= 0.6 is 0 Å². The van der Waals surface area contributed by atoms with Crippen molar-refractivity contribution in [3.63, 3.8) is 0 Å². The van der Waals surface area contributed by atoms with E-state index in [1.807, 2.05) is 6.07 Å². The summed E-state index contributed by atoms with van der Waals surface area (Å²) in [6.07, 6.45) is 7.10. The Hall–Kier alpha value is -2.15. The quantitative estimate of drug-likeness (QED) is 0.455. The Morgan fingerprint density at radius 1 is 0.865 bits per heavy atom. The molecule has 204 valence electrons. The first-order valence-electron chi connectivity index (χ1n) is 12.5. The molecule has 0 N–H and O–H groups in total. The molecule has 37 heavy (non-hydrogen) atoms. The van der Waals surface area contributed by atoms with E-state index >= 15 is 0 Å². The Labute approximate surface area is 221 Å². The van der Waals surface area contributed by atoms with Crippen LogP contribution in [0.1, 0.15) is 50.2 Å². The van der Waals surface area contributed by atoms with Gasteiger partial charge in [-0.15, -0.1) is 0 Å². The number of rotatable bonds is 9. The molecule has 1 fully saturated rings. The van der Waals surface area contributed by atoms with Crippen molar-refractivity contribution in [2.75, 3.05) is 34.2 Å². The molecule has 2 aromatic rings. The van der Waals surface area contributed by atoms with Crippen molar-refractivity contribution in [1.82, 2.24) is 4.31 Å². The standard InChI is InChI=1S/C25H35N3O6S3/c1-4-26-17-7-8-21-18-20(11-16-25(21)26)19-27(22-9-5-6-10-22)37(33,34)24-14-12-23(13-15-24)28(35(2,29)30)36(3,31)32/h11-16,18,22H,4-10,17,19H2,1-3H3. The Balaban J connectivity index is 1.67. The first-order chi connectivity index (χ1) is 17.3. The lowest BCUT2D eigenvalue weighted by Crippen LogP contribution is -2.38. The zero-order chi connectivity index (χ0) is 27.0. The van der Waals surface area contributed by atoms with E-state index in [9.17, 15) is 25.3 Å². The summed E-state index contributed by atoms with van der Waals surface area (Å²) in [5, 5.41) is 0. The van der Waals surface area contributed by atoms with Crippen LogP contribution in [-0.4, -0.2) is 61.2 Å². The maximum Gasteiger partial charge on any atom is 0.245 e. The first kappa shape index (κ1) is 27.9. The van der Waals surface area contributed by atoms with E-state index in [2.05, 4.69) is 24.0 Å². The van der Waals surface area contributed by atoms with E-state index in [0.29, 0.717) is 3.71 Å². The second-order valence-corrected chi connectivity index (χ2v) is 15.6. The van der Waals surface area contributed by atoms with Gasteiger partial charge in [-0.2, -0.15) is 8.02 Å². The Morgan fingerprint density at radius 3 is 2.05 bits per heavy atom. The monoisotopic (exact) mass is 569 g/mol. The van der Waals surface area contributed by atoms with Crippen LogP contribution in [0.5, 0.6) is 0 Å². The molecule has 1 saturated carbocycles. The van der Waals surface area contributed by atoms with E-state index in [0.717, 1.165) is 69.7 Å². The van der Waals surface area contributed by atoms with Gasteiger partial charge in [0.15, 0.2) is 0 Å².